The Hall–Kier alpha value is -3.35. The second kappa shape index (κ2) is 5.69. The number of halogens is 1. The first-order valence-electron chi connectivity index (χ1n) is 7.29. The van der Waals surface area contributed by atoms with Crippen LogP contribution in [0.1, 0.15) is 11.3 Å². The summed E-state index contributed by atoms with van der Waals surface area (Å²) in [5.41, 5.74) is 3.00. The minimum absolute atomic E-state index is 0.152. The van der Waals surface area contributed by atoms with Gasteiger partial charge < -0.3 is 9.51 Å². The molecular formula is C17H12FN5O. The summed E-state index contributed by atoms with van der Waals surface area (Å²) >= 11 is 0. The predicted molar refractivity (Wildman–Crippen MR) is 84.9 cm³/mol. The maximum absolute atomic E-state index is 13.2. The fraction of sp³-hybridized carbons (Fsp3) is 0.0588. The van der Waals surface area contributed by atoms with Gasteiger partial charge in [-0.2, -0.15) is 9.37 Å². The zero-order valence-corrected chi connectivity index (χ0v) is 12.5. The Morgan fingerprint density at radius 2 is 1.92 bits per heavy atom. The van der Waals surface area contributed by atoms with Gasteiger partial charge in [-0.15, -0.1) is 0 Å². The Kier molecular flexibility index (Phi) is 3.38. The predicted octanol–water partition coefficient (Wildman–Crippen LogP) is 2.62. The van der Waals surface area contributed by atoms with E-state index in [1.807, 2.05) is 34.7 Å². The molecule has 0 aliphatic rings. The quantitative estimate of drug-likeness (QED) is 0.628. The zero-order chi connectivity index (χ0) is 16.5. The third kappa shape index (κ3) is 2.56. The number of nitrogens with zero attached hydrogens (tertiary/aromatic N) is 5. The lowest BCUT2D eigenvalue weighted by Crippen LogP contribution is -2.02. The van der Waals surface area contributed by atoms with E-state index < -0.39 is 11.7 Å². The molecule has 0 saturated heterocycles. The Morgan fingerprint density at radius 3 is 2.71 bits per heavy atom. The van der Waals surface area contributed by atoms with Crippen molar-refractivity contribution < 1.29 is 9.50 Å². The normalized spacial score (nSPS) is 11.0. The molecule has 1 N–H and O–H groups in total. The molecule has 4 rings (SSSR count). The van der Waals surface area contributed by atoms with Crippen LogP contribution in [0.3, 0.4) is 0 Å². The van der Waals surface area contributed by atoms with Gasteiger partial charge in [-0.05, 0) is 5.56 Å². The van der Waals surface area contributed by atoms with Crippen LogP contribution < -0.4 is 0 Å². The van der Waals surface area contributed by atoms with E-state index in [0.717, 1.165) is 23.1 Å². The van der Waals surface area contributed by atoms with Crippen molar-refractivity contribution in [2.45, 2.75) is 6.42 Å². The number of fused-ring (bicyclic) bond motifs is 1. The molecule has 6 nitrogen and oxygen atoms in total. The van der Waals surface area contributed by atoms with Gasteiger partial charge in [0.25, 0.3) is 5.88 Å². The molecule has 0 aliphatic carbocycles. The van der Waals surface area contributed by atoms with E-state index in [1.54, 1.807) is 18.6 Å². The Morgan fingerprint density at radius 1 is 1.08 bits per heavy atom. The molecular weight excluding hydrogens is 309 g/mol. The van der Waals surface area contributed by atoms with Crippen LogP contribution in [0.5, 0.6) is 5.88 Å². The highest BCUT2D eigenvalue weighted by atomic mass is 19.1. The van der Waals surface area contributed by atoms with Crippen LogP contribution in [-0.2, 0) is 6.42 Å². The maximum atomic E-state index is 13.2. The lowest BCUT2D eigenvalue weighted by molar-refractivity contribution is 0.409. The summed E-state index contributed by atoms with van der Waals surface area (Å²) in [6.45, 7) is 0. The van der Waals surface area contributed by atoms with Crippen LogP contribution in [-0.4, -0.2) is 29.4 Å². The molecule has 7 heteroatoms. The first-order valence-corrected chi connectivity index (χ1v) is 7.29. The van der Waals surface area contributed by atoms with E-state index in [4.69, 9.17) is 0 Å². The number of hydrogen-bond acceptors (Lipinski definition) is 5. The van der Waals surface area contributed by atoms with E-state index in [-0.39, 0.29) is 5.82 Å². The minimum Gasteiger partial charge on any atom is -0.491 e. The smallest absolute Gasteiger partial charge is 0.251 e. The Labute approximate surface area is 136 Å². The maximum Gasteiger partial charge on any atom is 0.251 e. The first kappa shape index (κ1) is 14.3. The fourth-order valence-electron chi connectivity index (χ4n) is 2.49. The number of hydrogen-bond donors (Lipinski definition) is 1. The number of aromatic hydroxyl groups is 1. The monoisotopic (exact) mass is 321 g/mol. The van der Waals surface area contributed by atoms with E-state index in [1.165, 1.54) is 0 Å². The van der Waals surface area contributed by atoms with Crippen LogP contribution in [0.25, 0.3) is 17.2 Å². The van der Waals surface area contributed by atoms with Gasteiger partial charge in [0, 0.05) is 25.0 Å². The average Bonchev–Trinajstić information content (AvgIpc) is 3.07. The van der Waals surface area contributed by atoms with Gasteiger partial charge in [0.05, 0.1) is 11.9 Å². The van der Waals surface area contributed by atoms with Gasteiger partial charge in [-0.1, -0.05) is 30.3 Å². The van der Waals surface area contributed by atoms with Gasteiger partial charge in [0.15, 0.2) is 11.5 Å². The lowest BCUT2D eigenvalue weighted by Gasteiger charge is -2.07. The molecule has 0 saturated carbocycles. The molecule has 0 radical (unpaired) electrons. The molecule has 0 atom stereocenters. The van der Waals surface area contributed by atoms with Crippen LogP contribution in [0.4, 0.5) is 4.39 Å². The van der Waals surface area contributed by atoms with Crippen molar-refractivity contribution in [3.8, 4) is 17.4 Å². The van der Waals surface area contributed by atoms with E-state index in [2.05, 4.69) is 19.9 Å². The summed E-state index contributed by atoms with van der Waals surface area (Å²) < 4.78 is 15.0. The molecule has 3 heterocycles. The molecule has 0 fully saturated rings. The highest BCUT2D eigenvalue weighted by Crippen LogP contribution is 2.20. The molecule has 0 bridgehead atoms. The third-order valence-corrected chi connectivity index (χ3v) is 3.61. The second-order valence-electron chi connectivity index (χ2n) is 5.26. The molecule has 3 aromatic heterocycles. The topological polar surface area (TPSA) is 76.2 Å². The largest absolute Gasteiger partial charge is 0.491 e. The van der Waals surface area contributed by atoms with Crippen molar-refractivity contribution in [2.24, 2.45) is 0 Å². The molecule has 1 aromatic carbocycles. The summed E-state index contributed by atoms with van der Waals surface area (Å²) in [5, 5.41) is 9.47. The average molecular weight is 321 g/mol. The minimum atomic E-state index is -0.869. The van der Waals surface area contributed by atoms with Gasteiger partial charge in [-0.25, -0.2) is 15.0 Å². The van der Waals surface area contributed by atoms with Gasteiger partial charge in [0.1, 0.15) is 5.69 Å². The van der Waals surface area contributed by atoms with E-state index >= 15 is 0 Å². The standard InChI is InChI=1S/C17H12FN5O/c18-12-9-20-15(22-17(12)24)14-10-23-7-6-19-16(23)13(21-14)8-11-4-2-1-3-5-11/h1-7,9-10H,8H2,(H,20,22,24). The molecule has 0 aliphatic heterocycles. The van der Waals surface area contributed by atoms with Crippen molar-refractivity contribution in [1.29, 1.82) is 0 Å². The molecule has 0 unspecified atom stereocenters. The number of aromatic nitrogens is 5. The Balaban J connectivity index is 1.84. The van der Waals surface area contributed by atoms with Crippen molar-refractivity contribution in [2.75, 3.05) is 0 Å². The lowest BCUT2D eigenvalue weighted by atomic mass is 10.1. The summed E-state index contributed by atoms with van der Waals surface area (Å²) in [7, 11) is 0. The van der Waals surface area contributed by atoms with E-state index in [0.29, 0.717) is 12.1 Å². The molecule has 0 spiro atoms. The first-order chi connectivity index (χ1) is 11.7. The fourth-order valence-corrected chi connectivity index (χ4v) is 2.49. The highest BCUT2D eigenvalue weighted by molar-refractivity contribution is 5.55. The summed E-state index contributed by atoms with van der Waals surface area (Å²) in [6, 6.07) is 9.89. The van der Waals surface area contributed by atoms with Gasteiger partial charge >= 0.3 is 0 Å². The second-order valence-corrected chi connectivity index (χ2v) is 5.26. The molecule has 0 amide bonds. The summed E-state index contributed by atoms with van der Waals surface area (Å²) in [4.78, 5) is 16.6. The zero-order valence-electron chi connectivity index (χ0n) is 12.5. The Bertz CT molecular complexity index is 1020. The van der Waals surface area contributed by atoms with Crippen molar-refractivity contribution in [3.05, 3.63) is 72.2 Å². The van der Waals surface area contributed by atoms with Crippen LogP contribution in [0.15, 0.2) is 55.1 Å². The highest BCUT2D eigenvalue weighted by Gasteiger charge is 2.13. The molecule has 4 aromatic rings. The van der Waals surface area contributed by atoms with Crippen LogP contribution in [0, 0.1) is 5.82 Å². The number of benzene rings is 1. The third-order valence-electron chi connectivity index (χ3n) is 3.61. The SMILES string of the molecule is Oc1nc(-c2cn3ccnc3c(Cc3ccccc3)n2)ncc1F. The molecule has 118 valence electrons. The van der Waals surface area contributed by atoms with Crippen molar-refractivity contribution >= 4 is 5.65 Å². The van der Waals surface area contributed by atoms with Crippen molar-refractivity contribution in [3.63, 3.8) is 0 Å². The van der Waals surface area contributed by atoms with Crippen molar-refractivity contribution in [1.82, 2.24) is 24.3 Å². The van der Waals surface area contributed by atoms with Crippen LogP contribution in [0.2, 0.25) is 0 Å². The van der Waals surface area contributed by atoms with Gasteiger partial charge in [0.2, 0.25) is 5.82 Å². The number of imidazole rings is 1. The summed E-state index contributed by atoms with van der Waals surface area (Å²) in [5.74, 6) is -1.41. The number of rotatable bonds is 3. The summed E-state index contributed by atoms with van der Waals surface area (Å²) in [6.07, 6.45) is 6.68. The van der Waals surface area contributed by atoms with Crippen LogP contribution >= 0.6 is 0 Å². The van der Waals surface area contributed by atoms with Gasteiger partial charge in [-0.3, -0.25) is 0 Å². The van der Waals surface area contributed by atoms with E-state index in [9.17, 15) is 9.50 Å². The molecule has 24 heavy (non-hydrogen) atoms.